The number of hydrogen-bond acceptors (Lipinski definition) is 6. The summed E-state index contributed by atoms with van der Waals surface area (Å²) in [6.07, 6.45) is 3.29. The maximum atomic E-state index is 12.9. The summed E-state index contributed by atoms with van der Waals surface area (Å²) in [6.45, 7) is 5.28. The Morgan fingerprint density at radius 1 is 1.15 bits per heavy atom. The van der Waals surface area contributed by atoms with Crippen molar-refractivity contribution >= 4 is 26.9 Å². The fourth-order valence-corrected chi connectivity index (χ4v) is 4.16. The number of anilines is 1. The lowest BCUT2D eigenvalue weighted by molar-refractivity contribution is 0.561. The topological polar surface area (TPSA) is 90.1 Å². The molecule has 0 unspecified atom stereocenters. The van der Waals surface area contributed by atoms with E-state index in [9.17, 15) is 13.2 Å². The Bertz CT molecular complexity index is 1050. The molecular formula is C17H23N5O3S. The van der Waals surface area contributed by atoms with E-state index < -0.39 is 15.4 Å². The molecule has 1 saturated heterocycles. The molecule has 1 fully saturated rings. The molecule has 0 aromatic carbocycles. The van der Waals surface area contributed by atoms with Crippen LogP contribution in [0.4, 0.5) is 5.95 Å². The van der Waals surface area contributed by atoms with Crippen molar-refractivity contribution in [2.24, 2.45) is 7.05 Å². The molecule has 1 aliphatic heterocycles. The summed E-state index contributed by atoms with van der Waals surface area (Å²) in [5, 5.41) is -0.242. The number of hydrogen-bond donors (Lipinski definition) is 0. The monoisotopic (exact) mass is 377 g/mol. The van der Waals surface area contributed by atoms with Gasteiger partial charge in [0.05, 0.1) is 12.3 Å². The number of imidazole rings is 1. The summed E-state index contributed by atoms with van der Waals surface area (Å²) in [4.78, 5) is 23.8. The van der Waals surface area contributed by atoms with Crippen molar-refractivity contribution in [3.8, 4) is 11.8 Å². The van der Waals surface area contributed by atoms with Gasteiger partial charge in [-0.1, -0.05) is 12.8 Å². The van der Waals surface area contributed by atoms with Gasteiger partial charge in [0.1, 0.15) is 0 Å². The summed E-state index contributed by atoms with van der Waals surface area (Å²) in [5.41, 5.74) is 0.0418. The Morgan fingerprint density at radius 2 is 1.85 bits per heavy atom. The molecule has 3 heterocycles. The Hall–Kier alpha value is -2.34. The number of piperidine rings is 1. The van der Waals surface area contributed by atoms with Crippen LogP contribution in [0.5, 0.6) is 0 Å². The number of aromatic nitrogens is 4. The first-order chi connectivity index (χ1) is 12.4. The molecule has 2 aromatic heterocycles. The molecule has 0 atom stereocenters. The van der Waals surface area contributed by atoms with Gasteiger partial charge < -0.3 is 4.90 Å². The standard InChI is InChI=1S/C17H23N5O3S/c1-4-6-12-22-13-14(18-16(22)21-10-8-7-9-11-21)19-17(20(3)15(13)23)26(24,25)5-2/h5,7-12H2,1-3H3. The first-order valence-corrected chi connectivity index (χ1v) is 10.4. The highest BCUT2D eigenvalue weighted by atomic mass is 32.2. The van der Waals surface area contributed by atoms with Gasteiger partial charge in [-0.25, -0.2) is 8.42 Å². The molecule has 2 aromatic rings. The van der Waals surface area contributed by atoms with Crippen LogP contribution in [0.1, 0.15) is 33.1 Å². The number of nitrogens with zero attached hydrogens (tertiary/aromatic N) is 5. The van der Waals surface area contributed by atoms with E-state index >= 15 is 0 Å². The van der Waals surface area contributed by atoms with Gasteiger partial charge in [0.2, 0.25) is 20.9 Å². The average Bonchev–Trinajstić information content (AvgIpc) is 3.02. The van der Waals surface area contributed by atoms with E-state index in [2.05, 4.69) is 26.7 Å². The zero-order valence-electron chi connectivity index (χ0n) is 15.3. The molecule has 140 valence electrons. The summed E-state index contributed by atoms with van der Waals surface area (Å²) >= 11 is 0. The predicted octanol–water partition coefficient (Wildman–Crippen LogP) is 0.937. The maximum Gasteiger partial charge on any atom is 0.280 e. The molecule has 0 bridgehead atoms. The third-order valence-electron chi connectivity index (χ3n) is 4.64. The van der Waals surface area contributed by atoms with Gasteiger partial charge in [0, 0.05) is 20.1 Å². The molecule has 0 saturated carbocycles. The summed E-state index contributed by atoms with van der Waals surface area (Å²) in [5.74, 6) is 6.33. The third kappa shape index (κ3) is 3.09. The highest BCUT2D eigenvalue weighted by Crippen LogP contribution is 2.23. The summed E-state index contributed by atoms with van der Waals surface area (Å²) in [7, 11) is -2.20. The number of fused-ring (bicyclic) bond motifs is 1. The summed E-state index contributed by atoms with van der Waals surface area (Å²) in [6, 6.07) is 0. The summed E-state index contributed by atoms with van der Waals surface area (Å²) < 4.78 is 27.4. The largest absolute Gasteiger partial charge is 0.342 e. The van der Waals surface area contributed by atoms with Crippen LogP contribution in [0.15, 0.2) is 9.95 Å². The number of sulfone groups is 1. The van der Waals surface area contributed by atoms with E-state index in [1.165, 1.54) is 20.4 Å². The van der Waals surface area contributed by atoms with Gasteiger partial charge in [-0.2, -0.15) is 9.97 Å². The van der Waals surface area contributed by atoms with Crippen LogP contribution >= 0.6 is 0 Å². The fourth-order valence-electron chi connectivity index (χ4n) is 3.18. The van der Waals surface area contributed by atoms with Crippen LogP contribution in [0, 0.1) is 11.8 Å². The lowest BCUT2D eigenvalue weighted by Gasteiger charge is -2.27. The Labute approximate surface area is 152 Å². The van der Waals surface area contributed by atoms with E-state index in [1.807, 2.05) is 0 Å². The first-order valence-electron chi connectivity index (χ1n) is 8.75. The first kappa shape index (κ1) is 18.5. The van der Waals surface area contributed by atoms with Crippen molar-refractivity contribution in [2.45, 2.75) is 44.8 Å². The molecule has 0 amide bonds. The normalized spacial score (nSPS) is 15.1. The van der Waals surface area contributed by atoms with Crippen molar-refractivity contribution in [1.82, 2.24) is 19.1 Å². The second-order valence-electron chi connectivity index (χ2n) is 6.31. The molecule has 3 rings (SSSR count). The van der Waals surface area contributed by atoms with Crippen LogP contribution in [-0.4, -0.2) is 46.4 Å². The van der Waals surface area contributed by atoms with E-state index in [1.54, 1.807) is 11.5 Å². The van der Waals surface area contributed by atoms with E-state index in [0.29, 0.717) is 18.0 Å². The van der Waals surface area contributed by atoms with Crippen LogP contribution in [-0.2, 0) is 23.4 Å². The molecule has 8 nitrogen and oxygen atoms in total. The minimum atomic E-state index is -3.63. The molecule has 0 spiro atoms. The van der Waals surface area contributed by atoms with Crippen LogP contribution in [0.25, 0.3) is 11.2 Å². The van der Waals surface area contributed by atoms with Gasteiger partial charge in [-0.15, -0.1) is 5.92 Å². The molecule has 0 N–H and O–H groups in total. The Kier molecular flexibility index (Phi) is 5.05. The van der Waals surface area contributed by atoms with Crippen LogP contribution in [0.2, 0.25) is 0 Å². The smallest absolute Gasteiger partial charge is 0.280 e. The second kappa shape index (κ2) is 7.11. The van der Waals surface area contributed by atoms with Gasteiger partial charge in [0.15, 0.2) is 11.2 Å². The van der Waals surface area contributed by atoms with Crippen molar-refractivity contribution in [3.63, 3.8) is 0 Å². The fraction of sp³-hybridized carbons (Fsp3) is 0.588. The third-order valence-corrected chi connectivity index (χ3v) is 6.32. The highest BCUT2D eigenvalue weighted by molar-refractivity contribution is 7.91. The molecule has 26 heavy (non-hydrogen) atoms. The molecule has 0 radical (unpaired) electrons. The minimum absolute atomic E-state index is 0.125. The van der Waals surface area contributed by atoms with Crippen molar-refractivity contribution < 1.29 is 8.42 Å². The van der Waals surface area contributed by atoms with Gasteiger partial charge >= 0.3 is 0 Å². The van der Waals surface area contributed by atoms with Crippen molar-refractivity contribution in [2.75, 3.05) is 23.7 Å². The zero-order valence-corrected chi connectivity index (χ0v) is 16.1. The van der Waals surface area contributed by atoms with Gasteiger partial charge in [-0.3, -0.25) is 13.9 Å². The van der Waals surface area contributed by atoms with Crippen molar-refractivity contribution in [3.05, 3.63) is 10.4 Å². The van der Waals surface area contributed by atoms with E-state index in [0.717, 1.165) is 30.5 Å². The van der Waals surface area contributed by atoms with E-state index in [-0.39, 0.29) is 16.6 Å². The van der Waals surface area contributed by atoms with Gasteiger partial charge in [-0.05, 0) is 26.2 Å². The lowest BCUT2D eigenvalue weighted by Crippen LogP contribution is -2.32. The molecule has 9 heteroatoms. The molecule has 0 aliphatic carbocycles. The quantitative estimate of drug-likeness (QED) is 0.582. The average molecular weight is 377 g/mol. The van der Waals surface area contributed by atoms with Crippen LogP contribution < -0.4 is 10.5 Å². The lowest BCUT2D eigenvalue weighted by atomic mass is 10.1. The Balaban J connectivity index is 2.29. The predicted molar refractivity (Wildman–Crippen MR) is 100 cm³/mol. The highest BCUT2D eigenvalue weighted by Gasteiger charge is 2.26. The van der Waals surface area contributed by atoms with E-state index in [4.69, 9.17) is 0 Å². The van der Waals surface area contributed by atoms with Crippen LogP contribution in [0.3, 0.4) is 0 Å². The zero-order chi connectivity index (χ0) is 18.9. The Morgan fingerprint density at radius 3 is 2.46 bits per heavy atom. The van der Waals surface area contributed by atoms with Crippen molar-refractivity contribution in [1.29, 1.82) is 0 Å². The van der Waals surface area contributed by atoms with Gasteiger partial charge in [0.25, 0.3) is 5.56 Å². The second-order valence-corrected chi connectivity index (χ2v) is 8.48. The maximum absolute atomic E-state index is 12.9. The SMILES string of the molecule is CC#CCn1c(N2CCCCC2)nc2nc(S(=O)(=O)CC)n(C)c(=O)c21. The number of rotatable bonds is 4. The minimum Gasteiger partial charge on any atom is -0.342 e. The molecular weight excluding hydrogens is 354 g/mol. The molecule has 1 aliphatic rings.